The molecule has 0 aliphatic carbocycles. The highest BCUT2D eigenvalue weighted by atomic mass is 35.5. The van der Waals surface area contributed by atoms with Crippen LogP contribution in [0.1, 0.15) is 5.56 Å². The molecule has 1 unspecified atom stereocenters. The molecule has 9 heteroatoms. The standard InChI is InChI=1S/C22H16Cl4N4S/c23-13-1-6-16(7-2-13)30-12-20(21(27)29-31-17-8-3-14(24)4-9-17)28-22(30)18-10-5-15(25)11-19(18)26/h1-11,20H,12H2,(H2,27,29). The first-order valence-corrected chi connectivity index (χ1v) is 11.5. The van der Waals surface area contributed by atoms with E-state index in [1.807, 2.05) is 59.5 Å². The number of rotatable bonds is 5. The summed E-state index contributed by atoms with van der Waals surface area (Å²) in [5.74, 6) is 1.11. The Hall–Kier alpha value is -1.89. The minimum absolute atomic E-state index is 0.336. The Morgan fingerprint density at radius 3 is 2.16 bits per heavy atom. The minimum atomic E-state index is -0.336. The molecule has 0 fully saturated rings. The topological polar surface area (TPSA) is 54.0 Å². The zero-order valence-corrected chi connectivity index (χ0v) is 19.8. The highest BCUT2D eigenvalue weighted by Crippen LogP contribution is 2.30. The van der Waals surface area contributed by atoms with Crippen molar-refractivity contribution in [2.45, 2.75) is 10.9 Å². The van der Waals surface area contributed by atoms with Crippen LogP contribution in [0.2, 0.25) is 20.1 Å². The number of amidine groups is 2. The van der Waals surface area contributed by atoms with Gasteiger partial charge < -0.3 is 10.6 Å². The van der Waals surface area contributed by atoms with Crippen LogP contribution in [-0.2, 0) is 0 Å². The van der Waals surface area contributed by atoms with Gasteiger partial charge >= 0.3 is 0 Å². The minimum Gasteiger partial charge on any atom is -0.385 e. The Bertz CT molecular complexity index is 1150. The average molecular weight is 510 g/mol. The smallest absolute Gasteiger partial charge is 0.137 e. The lowest BCUT2D eigenvalue weighted by atomic mass is 10.1. The number of halogens is 4. The summed E-state index contributed by atoms with van der Waals surface area (Å²) in [5.41, 5.74) is 8.01. The summed E-state index contributed by atoms with van der Waals surface area (Å²) in [7, 11) is 0. The summed E-state index contributed by atoms with van der Waals surface area (Å²) in [5, 5.41) is 2.40. The van der Waals surface area contributed by atoms with Crippen molar-refractivity contribution in [1.29, 1.82) is 0 Å². The monoisotopic (exact) mass is 508 g/mol. The van der Waals surface area contributed by atoms with E-state index < -0.39 is 0 Å². The van der Waals surface area contributed by atoms with Gasteiger partial charge in [0.15, 0.2) is 0 Å². The van der Waals surface area contributed by atoms with Gasteiger partial charge in [-0.25, -0.2) is 0 Å². The summed E-state index contributed by atoms with van der Waals surface area (Å²) in [6, 6.07) is 19.9. The molecule has 0 saturated heterocycles. The van der Waals surface area contributed by atoms with Crippen molar-refractivity contribution < 1.29 is 0 Å². The Morgan fingerprint density at radius 1 is 0.903 bits per heavy atom. The maximum absolute atomic E-state index is 6.48. The van der Waals surface area contributed by atoms with Gasteiger partial charge in [0, 0.05) is 43.2 Å². The van der Waals surface area contributed by atoms with Crippen LogP contribution < -0.4 is 10.6 Å². The van der Waals surface area contributed by atoms with Gasteiger partial charge in [-0.05, 0) is 66.7 Å². The Labute approximate surface area is 204 Å². The van der Waals surface area contributed by atoms with Gasteiger partial charge in [-0.2, -0.15) is 4.40 Å². The van der Waals surface area contributed by atoms with Crippen LogP contribution in [0, 0.1) is 0 Å². The lowest BCUT2D eigenvalue weighted by molar-refractivity contribution is 0.903. The molecule has 1 aliphatic heterocycles. The summed E-state index contributed by atoms with van der Waals surface area (Å²) in [6.45, 7) is 0.520. The van der Waals surface area contributed by atoms with E-state index in [0.717, 1.165) is 16.1 Å². The fourth-order valence-corrected chi connectivity index (χ4v) is 4.41. The third kappa shape index (κ3) is 5.30. The molecular weight excluding hydrogens is 494 g/mol. The molecular formula is C22H16Cl4N4S. The van der Waals surface area contributed by atoms with Gasteiger partial charge in [0.05, 0.1) is 11.6 Å². The lowest BCUT2D eigenvalue weighted by Gasteiger charge is -2.22. The quantitative estimate of drug-likeness (QED) is 0.229. The predicted molar refractivity (Wildman–Crippen MR) is 135 cm³/mol. The van der Waals surface area contributed by atoms with E-state index in [0.29, 0.717) is 38.3 Å². The van der Waals surface area contributed by atoms with Crippen molar-refractivity contribution in [3.63, 3.8) is 0 Å². The lowest BCUT2D eigenvalue weighted by Crippen LogP contribution is -2.35. The normalized spacial score (nSPS) is 16.5. The van der Waals surface area contributed by atoms with Crippen molar-refractivity contribution in [3.05, 3.63) is 92.4 Å². The molecule has 31 heavy (non-hydrogen) atoms. The van der Waals surface area contributed by atoms with Gasteiger partial charge in [0.1, 0.15) is 17.7 Å². The second kappa shape index (κ2) is 9.72. The van der Waals surface area contributed by atoms with Crippen LogP contribution in [0.25, 0.3) is 0 Å². The summed E-state index contributed by atoms with van der Waals surface area (Å²) in [4.78, 5) is 7.83. The maximum atomic E-state index is 6.48. The van der Waals surface area contributed by atoms with Crippen molar-refractivity contribution in [2.75, 3.05) is 11.4 Å². The fraction of sp³-hybridized carbons (Fsp3) is 0.0909. The molecule has 158 valence electrons. The molecule has 0 bridgehead atoms. The van der Waals surface area contributed by atoms with Gasteiger partial charge in [0.25, 0.3) is 0 Å². The van der Waals surface area contributed by atoms with E-state index in [9.17, 15) is 0 Å². The van der Waals surface area contributed by atoms with E-state index in [1.54, 1.807) is 12.1 Å². The van der Waals surface area contributed by atoms with E-state index in [4.69, 9.17) is 57.1 Å². The first-order chi connectivity index (χ1) is 14.9. The van der Waals surface area contributed by atoms with Crippen molar-refractivity contribution in [3.8, 4) is 0 Å². The molecule has 0 amide bonds. The van der Waals surface area contributed by atoms with E-state index in [-0.39, 0.29) is 6.04 Å². The largest absolute Gasteiger partial charge is 0.385 e. The molecule has 3 aromatic rings. The average Bonchev–Trinajstić information content (AvgIpc) is 3.19. The molecule has 1 heterocycles. The zero-order chi connectivity index (χ0) is 22.0. The van der Waals surface area contributed by atoms with Gasteiger partial charge in [-0.1, -0.05) is 46.4 Å². The first-order valence-electron chi connectivity index (χ1n) is 9.23. The van der Waals surface area contributed by atoms with E-state index >= 15 is 0 Å². The predicted octanol–water partition coefficient (Wildman–Crippen LogP) is 7.00. The first kappa shape index (κ1) is 22.3. The van der Waals surface area contributed by atoms with Gasteiger partial charge in [-0.15, -0.1) is 0 Å². The molecule has 4 rings (SSSR count). The number of nitrogens with two attached hydrogens (primary N) is 1. The number of aliphatic imine (C=N–C) groups is 1. The highest BCUT2D eigenvalue weighted by molar-refractivity contribution is 7.98. The van der Waals surface area contributed by atoms with Crippen LogP contribution in [0.15, 0.2) is 81.0 Å². The number of anilines is 1. The molecule has 2 N–H and O–H groups in total. The summed E-state index contributed by atoms with van der Waals surface area (Å²) < 4.78 is 4.47. The van der Waals surface area contributed by atoms with Crippen LogP contribution in [0.5, 0.6) is 0 Å². The number of hydrogen-bond donors (Lipinski definition) is 1. The molecule has 0 radical (unpaired) electrons. The van der Waals surface area contributed by atoms with Crippen LogP contribution in [-0.4, -0.2) is 24.3 Å². The highest BCUT2D eigenvalue weighted by Gasteiger charge is 2.31. The van der Waals surface area contributed by atoms with E-state index in [2.05, 4.69) is 4.40 Å². The van der Waals surface area contributed by atoms with Crippen LogP contribution in [0.3, 0.4) is 0 Å². The maximum Gasteiger partial charge on any atom is 0.137 e. The fourth-order valence-electron chi connectivity index (χ4n) is 3.07. The summed E-state index contributed by atoms with van der Waals surface area (Å²) >= 11 is 25.8. The zero-order valence-electron chi connectivity index (χ0n) is 16.0. The third-order valence-corrected chi connectivity index (χ3v) is 6.45. The van der Waals surface area contributed by atoms with Crippen molar-refractivity contribution in [2.24, 2.45) is 15.1 Å². The number of nitrogens with zero attached hydrogens (tertiary/aromatic N) is 3. The Balaban J connectivity index is 1.65. The van der Waals surface area contributed by atoms with Gasteiger partial charge in [0.2, 0.25) is 0 Å². The van der Waals surface area contributed by atoms with Gasteiger partial charge in [-0.3, -0.25) is 4.99 Å². The van der Waals surface area contributed by atoms with Crippen LogP contribution >= 0.6 is 58.4 Å². The SMILES string of the molecule is NC(=NSc1ccc(Cl)cc1)C1CN(c2ccc(Cl)cc2)C(c2ccc(Cl)cc2Cl)=N1. The third-order valence-electron chi connectivity index (χ3n) is 4.61. The van der Waals surface area contributed by atoms with E-state index in [1.165, 1.54) is 11.9 Å². The second-order valence-corrected chi connectivity index (χ2v) is 9.29. The molecule has 3 aromatic carbocycles. The Morgan fingerprint density at radius 2 is 1.52 bits per heavy atom. The summed E-state index contributed by atoms with van der Waals surface area (Å²) in [6.07, 6.45) is 0. The molecule has 0 spiro atoms. The van der Waals surface area contributed by atoms with Crippen molar-refractivity contribution in [1.82, 2.24) is 0 Å². The second-order valence-electron chi connectivity index (χ2n) is 6.74. The number of hydrogen-bond acceptors (Lipinski definition) is 4. The molecule has 1 aliphatic rings. The Kier molecular flexibility index (Phi) is 6.99. The molecule has 1 atom stereocenters. The molecule has 4 nitrogen and oxygen atoms in total. The molecule has 0 aromatic heterocycles. The molecule has 0 saturated carbocycles. The van der Waals surface area contributed by atoms with Crippen molar-refractivity contribution >= 4 is 75.7 Å². The number of benzene rings is 3. The van der Waals surface area contributed by atoms with Crippen LogP contribution in [0.4, 0.5) is 5.69 Å².